The molecule has 5 nitrogen and oxygen atoms in total. The van der Waals surface area contributed by atoms with Crippen molar-refractivity contribution in [3.05, 3.63) is 66.2 Å². The quantitative estimate of drug-likeness (QED) is 0.744. The summed E-state index contributed by atoms with van der Waals surface area (Å²) < 4.78 is 5.44. The van der Waals surface area contributed by atoms with Gasteiger partial charge in [-0.3, -0.25) is 9.69 Å². The Morgan fingerprint density at radius 3 is 2.66 bits per heavy atom. The molecule has 0 aliphatic carbocycles. The molecule has 1 N–H and O–H groups in total. The Morgan fingerprint density at radius 1 is 0.931 bits per heavy atom. The van der Waals surface area contributed by atoms with Gasteiger partial charge in [0.05, 0.1) is 5.69 Å². The molecule has 0 unspecified atom stereocenters. The van der Waals surface area contributed by atoms with E-state index in [1.54, 1.807) is 0 Å². The number of ether oxygens (including phenoxy) is 1. The Kier molecular flexibility index (Phi) is 4.82. The molecule has 1 saturated heterocycles. The van der Waals surface area contributed by atoms with E-state index in [4.69, 9.17) is 4.74 Å². The van der Waals surface area contributed by atoms with Crippen molar-refractivity contribution in [2.75, 3.05) is 49.5 Å². The number of anilines is 2. The minimum atomic E-state index is -0.0841. The van der Waals surface area contributed by atoms with Gasteiger partial charge in [-0.2, -0.15) is 0 Å². The summed E-state index contributed by atoms with van der Waals surface area (Å²) in [6.07, 6.45) is 0.970. The van der Waals surface area contributed by atoms with Crippen LogP contribution >= 0.6 is 0 Å². The second kappa shape index (κ2) is 7.76. The Balaban J connectivity index is 1.19. The molecule has 0 bridgehead atoms. The SMILES string of the molecule is O=C1COc2ccc(CCN3CCN(c4cccc5ccccc45)CC3)cc2N1. The molecule has 2 aliphatic heterocycles. The number of hydrogen-bond donors (Lipinski definition) is 1. The van der Waals surface area contributed by atoms with E-state index in [0.29, 0.717) is 0 Å². The molecule has 3 aromatic rings. The topological polar surface area (TPSA) is 44.8 Å². The first-order valence-corrected chi connectivity index (χ1v) is 10.3. The predicted octanol–water partition coefficient (Wildman–Crippen LogP) is 3.54. The predicted molar refractivity (Wildman–Crippen MR) is 117 cm³/mol. The maximum atomic E-state index is 11.5. The second-order valence-electron chi connectivity index (χ2n) is 7.74. The fourth-order valence-electron chi connectivity index (χ4n) is 4.27. The van der Waals surface area contributed by atoms with Gasteiger partial charge in [-0.05, 0) is 35.6 Å². The maximum Gasteiger partial charge on any atom is 0.262 e. The van der Waals surface area contributed by atoms with Gasteiger partial charge in [0.1, 0.15) is 5.75 Å². The van der Waals surface area contributed by atoms with Crippen molar-refractivity contribution >= 4 is 28.1 Å². The van der Waals surface area contributed by atoms with Crippen LogP contribution in [0.2, 0.25) is 0 Å². The van der Waals surface area contributed by atoms with Crippen LogP contribution in [0, 0.1) is 0 Å². The summed E-state index contributed by atoms with van der Waals surface area (Å²) in [6.45, 7) is 5.34. The highest BCUT2D eigenvalue weighted by Crippen LogP contribution is 2.29. The molecule has 5 rings (SSSR count). The summed E-state index contributed by atoms with van der Waals surface area (Å²) in [7, 11) is 0. The number of carbonyl (C=O) groups is 1. The largest absolute Gasteiger partial charge is 0.482 e. The van der Waals surface area contributed by atoms with Crippen molar-refractivity contribution in [3.63, 3.8) is 0 Å². The zero-order valence-electron chi connectivity index (χ0n) is 16.4. The molecule has 0 radical (unpaired) electrons. The number of nitrogens with one attached hydrogen (secondary N) is 1. The average molecular weight is 387 g/mol. The van der Waals surface area contributed by atoms with E-state index in [2.05, 4.69) is 63.6 Å². The molecule has 5 heteroatoms. The highest BCUT2D eigenvalue weighted by molar-refractivity contribution is 5.95. The molecule has 3 aromatic carbocycles. The van der Waals surface area contributed by atoms with Gasteiger partial charge >= 0.3 is 0 Å². The van der Waals surface area contributed by atoms with Crippen molar-refractivity contribution in [2.24, 2.45) is 0 Å². The maximum absolute atomic E-state index is 11.5. The first-order valence-electron chi connectivity index (χ1n) is 10.3. The van der Waals surface area contributed by atoms with Crippen LogP contribution < -0.4 is 15.0 Å². The van der Waals surface area contributed by atoms with Crippen LogP contribution in [0.15, 0.2) is 60.7 Å². The van der Waals surface area contributed by atoms with Crippen molar-refractivity contribution in [1.82, 2.24) is 4.90 Å². The van der Waals surface area contributed by atoms with Gasteiger partial charge in [-0.25, -0.2) is 0 Å². The average Bonchev–Trinajstić information content (AvgIpc) is 2.77. The minimum Gasteiger partial charge on any atom is -0.482 e. The molecule has 0 spiro atoms. The first-order chi connectivity index (χ1) is 14.3. The Hall–Kier alpha value is -3.05. The third-order valence-corrected chi connectivity index (χ3v) is 5.87. The molecule has 0 aromatic heterocycles. The Morgan fingerprint density at radius 2 is 1.76 bits per heavy atom. The van der Waals surface area contributed by atoms with Crippen LogP contribution in [0.3, 0.4) is 0 Å². The molecule has 29 heavy (non-hydrogen) atoms. The second-order valence-corrected chi connectivity index (χ2v) is 7.74. The minimum absolute atomic E-state index is 0.0841. The van der Waals surface area contributed by atoms with Crippen LogP contribution in [-0.4, -0.2) is 50.1 Å². The molecule has 1 amide bonds. The lowest BCUT2D eigenvalue weighted by Gasteiger charge is -2.36. The number of hydrogen-bond acceptors (Lipinski definition) is 4. The smallest absolute Gasteiger partial charge is 0.262 e. The van der Waals surface area contributed by atoms with E-state index >= 15 is 0 Å². The Labute approximate surface area is 170 Å². The third kappa shape index (κ3) is 3.78. The van der Waals surface area contributed by atoms with Gasteiger partial charge in [-0.1, -0.05) is 42.5 Å². The van der Waals surface area contributed by atoms with Crippen LogP contribution in [0.4, 0.5) is 11.4 Å². The van der Waals surface area contributed by atoms with Crippen molar-refractivity contribution in [2.45, 2.75) is 6.42 Å². The van der Waals surface area contributed by atoms with Gasteiger partial charge in [0.15, 0.2) is 6.61 Å². The Bertz CT molecular complexity index is 1040. The normalized spacial score (nSPS) is 17.0. The molecule has 2 heterocycles. The van der Waals surface area contributed by atoms with Crippen molar-refractivity contribution in [3.8, 4) is 5.75 Å². The van der Waals surface area contributed by atoms with Gasteiger partial charge in [0.2, 0.25) is 0 Å². The first kappa shape index (κ1) is 18.0. The molecule has 1 fully saturated rings. The van der Waals surface area contributed by atoms with Crippen LogP contribution in [0.1, 0.15) is 5.56 Å². The van der Waals surface area contributed by atoms with Gasteiger partial charge in [0, 0.05) is 43.8 Å². The number of amides is 1. The summed E-state index contributed by atoms with van der Waals surface area (Å²) in [4.78, 5) is 16.6. The van der Waals surface area contributed by atoms with Gasteiger partial charge < -0.3 is 15.0 Å². The molecular formula is C24H25N3O2. The lowest BCUT2D eigenvalue weighted by atomic mass is 10.1. The number of carbonyl (C=O) groups excluding carboxylic acids is 1. The van der Waals surface area contributed by atoms with E-state index in [1.807, 2.05) is 12.1 Å². The standard InChI is InChI=1S/C24H25N3O2/c28-24-17-29-23-9-8-18(16-21(23)25-24)10-11-26-12-14-27(15-13-26)22-7-3-5-19-4-1-2-6-20(19)22/h1-9,16H,10-15,17H2,(H,25,28). The van der Waals surface area contributed by atoms with Crippen LogP contribution in [-0.2, 0) is 11.2 Å². The zero-order valence-corrected chi connectivity index (χ0v) is 16.4. The van der Waals surface area contributed by atoms with Gasteiger partial charge in [-0.15, -0.1) is 0 Å². The summed E-state index contributed by atoms with van der Waals surface area (Å²) >= 11 is 0. The molecule has 148 valence electrons. The zero-order chi connectivity index (χ0) is 19.6. The molecule has 0 atom stereocenters. The highest BCUT2D eigenvalue weighted by Gasteiger charge is 2.19. The van der Waals surface area contributed by atoms with Crippen molar-refractivity contribution < 1.29 is 9.53 Å². The summed E-state index contributed by atoms with van der Waals surface area (Å²) in [6, 6.07) is 21.3. The van der Waals surface area contributed by atoms with Gasteiger partial charge in [0.25, 0.3) is 5.91 Å². The molecule has 2 aliphatic rings. The summed E-state index contributed by atoms with van der Waals surface area (Å²) in [5, 5.41) is 5.53. The van der Waals surface area contributed by atoms with Crippen LogP contribution in [0.5, 0.6) is 5.75 Å². The van der Waals surface area contributed by atoms with E-state index in [9.17, 15) is 4.79 Å². The van der Waals surface area contributed by atoms with E-state index in [1.165, 1.54) is 22.0 Å². The third-order valence-electron chi connectivity index (χ3n) is 5.87. The number of benzene rings is 3. The number of rotatable bonds is 4. The summed E-state index contributed by atoms with van der Waals surface area (Å²) in [5.41, 5.74) is 3.36. The van der Waals surface area contributed by atoms with Crippen molar-refractivity contribution in [1.29, 1.82) is 0 Å². The lowest BCUT2D eigenvalue weighted by Crippen LogP contribution is -2.47. The number of nitrogens with zero attached hydrogens (tertiary/aromatic N) is 2. The monoisotopic (exact) mass is 387 g/mol. The number of fused-ring (bicyclic) bond motifs is 2. The lowest BCUT2D eigenvalue weighted by molar-refractivity contribution is -0.118. The highest BCUT2D eigenvalue weighted by atomic mass is 16.5. The van der Waals surface area contributed by atoms with E-state index in [-0.39, 0.29) is 12.5 Å². The van der Waals surface area contributed by atoms with Crippen LogP contribution in [0.25, 0.3) is 10.8 Å². The van der Waals surface area contributed by atoms with E-state index < -0.39 is 0 Å². The number of piperazine rings is 1. The molecular weight excluding hydrogens is 362 g/mol. The fourth-order valence-corrected chi connectivity index (χ4v) is 4.27. The summed E-state index contributed by atoms with van der Waals surface area (Å²) in [5.74, 6) is 0.677. The molecule has 0 saturated carbocycles. The fraction of sp³-hybridized carbons (Fsp3) is 0.292. The van der Waals surface area contributed by atoms with E-state index in [0.717, 1.165) is 50.6 Å².